The van der Waals surface area contributed by atoms with E-state index in [0.717, 1.165) is 10.6 Å². The topological polar surface area (TPSA) is 80.1 Å². The van der Waals surface area contributed by atoms with Crippen molar-refractivity contribution in [3.8, 4) is 0 Å². The Hall–Kier alpha value is -2.43. The van der Waals surface area contributed by atoms with Crippen LogP contribution in [0.5, 0.6) is 0 Å². The number of hydrogen-bond acceptors (Lipinski definition) is 5. The third kappa shape index (κ3) is 3.91. The van der Waals surface area contributed by atoms with Gasteiger partial charge < -0.3 is 10.2 Å². The number of thiazole rings is 1. The maximum Gasteiger partial charge on any atom is 0.403 e. The van der Waals surface area contributed by atoms with Gasteiger partial charge in [0.15, 0.2) is 0 Å². The zero-order valence-corrected chi connectivity index (χ0v) is 18.8. The van der Waals surface area contributed by atoms with E-state index in [1.165, 1.54) is 11.3 Å². The minimum atomic E-state index is -4.60. The van der Waals surface area contributed by atoms with Gasteiger partial charge in [-0.05, 0) is 18.9 Å². The summed E-state index contributed by atoms with van der Waals surface area (Å²) in [6.07, 6.45) is -1.81. The largest absolute Gasteiger partial charge is 0.403 e. The van der Waals surface area contributed by atoms with Crippen molar-refractivity contribution in [2.24, 2.45) is 18.4 Å². The second-order valence-corrected chi connectivity index (χ2v) is 9.60. The molecule has 0 spiro atoms. The van der Waals surface area contributed by atoms with Gasteiger partial charge in [0, 0.05) is 37.6 Å². The molecule has 0 radical (unpaired) electrons. The molecule has 11 heteroatoms. The molecule has 1 aliphatic carbocycles. The van der Waals surface area contributed by atoms with Gasteiger partial charge >= 0.3 is 6.18 Å². The fourth-order valence-corrected chi connectivity index (χ4v) is 5.49. The van der Waals surface area contributed by atoms with Crippen LogP contribution in [-0.2, 0) is 23.1 Å². The number of aryl methyl sites for hydroxylation is 1. The van der Waals surface area contributed by atoms with Gasteiger partial charge in [0.25, 0.3) is 0 Å². The van der Waals surface area contributed by atoms with E-state index in [1.807, 2.05) is 6.07 Å². The van der Waals surface area contributed by atoms with E-state index in [4.69, 9.17) is 0 Å². The van der Waals surface area contributed by atoms with Crippen molar-refractivity contribution in [3.63, 3.8) is 0 Å². The fourth-order valence-electron chi connectivity index (χ4n) is 4.71. The molecule has 1 saturated carbocycles. The molecule has 0 unspecified atom stereocenters. The minimum absolute atomic E-state index is 0.148. The number of alkyl halides is 3. The van der Waals surface area contributed by atoms with E-state index in [0.29, 0.717) is 31.5 Å². The van der Waals surface area contributed by atoms with Crippen LogP contribution in [0, 0.1) is 11.3 Å². The van der Waals surface area contributed by atoms with Crippen LogP contribution in [0.15, 0.2) is 17.8 Å². The third-order valence-electron chi connectivity index (χ3n) is 6.55. The van der Waals surface area contributed by atoms with Gasteiger partial charge in [0.1, 0.15) is 11.5 Å². The van der Waals surface area contributed by atoms with Crippen LogP contribution in [0.25, 0.3) is 0 Å². The van der Waals surface area contributed by atoms with Crippen LogP contribution in [0.3, 0.4) is 0 Å². The summed E-state index contributed by atoms with van der Waals surface area (Å²) >= 11 is 1.54. The maximum absolute atomic E-state index is 13.6. The predicted molar refractivity (Wildman–Crippen MR) is 112 cm³/mol. The van der Waals surface area contributed by atoms with E-state index < -0.39 is 29.5 Å². The van der Waals surface area contributed by atoms with E-state index >= 15 is 0 Å². The van der Waals surface area contributed by atoms with Crippen LogP contribution >= 0.6 is 11.3 Å². The van der Waals surface area contributed by atoms with Crippen molar-refractivity contribution in [2.75, 3.05) is 13.1 Å². The van der Waals surface area contributed by atoms with Crippen LogP contribution in [-0.4, -0.2) is 50.7 Å². The van der Waals surface area contributed by atoms with E-state index in [-0.39, 0.29) is 25.3 Å². The highest BCUT2D eigenvalue weighted by molar-refractivity contribution is 7.09. The van der Waals surface area contributed by atoms with E-state index in [9.17, 15) is 22.8 Å². The molecule has 32 heavy (non-hydrogen) atoms. The summed E-state index contributed by atoms with van der Waals surface area (Å²) in [5, 5.41) is 6.88. The number of aromatic nitrogens is 3. The van der Waals surface area contributed by atoms with Crippen molar-refractivity contribution in [2.45, 2.75) is 51.2 Å². The average molecular weight is 470 g/mol. The number of carbonyl (C=O) groups is 2. The molecule has 3 heterocycles. The lowest BCUT2D eigenvalue weighted by atomic mass is 9.84. The number of nitrogens with zero attached hydrogens (tertiary/aromatic N) is 4. The highest BCUT2D eigenvalue weighted by Gasteiger charge is 2.60. The minimum Gasteiger partial charge on any atom is -0.355 e. The molecule has 1 fully saturated rings. The molecule has 2 aliphatic rings. The zero-order chi connectivity index (χ0) is 23.1. The lowest BCUT2D eigenvalue weighted by molar-refractivity contribution is -0.220. The number of halogens is 3. The van der Waals surface area contributed by atoms with Gasteiger partial charge in [-0.15, -0.1) is 11.3 Å². The van der Waals surface area contributed by atoms with Crippen LogP contribution in [0.4, 0.5) is 13.2 Å². The summed E-state index contributed by atoms with van der Waals surface area (Å²) in [6, 6.07) is 1.38. The Bertz CT molecular complexity index is 996. The second kappa shape index (κ2) is 8.49. The number of hydrogen-bond donors (Lipinski definition) is 1. The molecule has 1 N–H and O–H groups in total. The van der Waals surface area contributed by atoms with E-state index in [1.54, 1.807) is 35.3 Å². The molecule has 4 rings (SSSR count). The lowest BCUT2D eigenvalue weighted by Crippen LogP contribution is -2.51. The number of amides is 2. The Balaban J connectivity index is 1.49. The molecular weight excluding hydrogens is 443 g/mol. The molecule has 2 atom stereocenters. The van der Waals surface area contributed by atoms with Crippen LogP contribution in [0.1, 0.15) is 54.9 Å². The Labute approximate surface area is 188 Å². The quantitative estimate of drug-likeness (QED) is 0.729. The molecule has 2 amide bonds. The standard InChI is InChI=1S/C21H26F3N5O2S/c1-13(11-25-19(31)20(21(22,23)24)7-3-4-8-20)18(30)29-10-6-15-16(26-12-32-15)17(29)14-5-9-28(2)27-14/h5,9,12-13,17H,3-4,6-8,10-11H2,1-2H3,(H,25,31)/t13-,17+/m0/s1. The van der Waals surface area contributed by atoms with Crippen molar-refractivity contribution >= 4 is 23.2 Å². The fraction of sp³-hybridized carbons (Fsp3) is 0.619. The third-order valence-corrected chi connectivity index (χ3v) is 7.45. The zero-order valence-electron chi connectivity index (χ0n) is 18.0. The summed E-state index contributed by atoms with van der Waals surface area (Å²) in [6.45, 7) is 1.94. The first-order valence-corrected chi connectivity index (χ1v) is 11.6. The number of fused-ring (bicyclic) bond motifs is 1. The molecule has 2 aromatic heterocycles. The molecule has 7 nitrogen and oxygen atoms in total. The first-order valence-electron chi connectivity index (χ1n) is 10.7. The van der Waals surface area contributed by atoms with E-state index in [2.05, 4.69) is 15.4 Å². The molecule has 0 bridgehead atoms. The summed E-state index contributed by atoms with van der Waals surface area (Å²) in [5.41, 5.74) is 0.876. The summed E-state index contributed by atoms with van der Waals surface area (Å²) in [5.74, 6) is -1.95. The van der Waals surface area contributed by atoms with Crippen molar-refractivity contribution in [1.29, 1.82) is 0 Å². The normalized spacial score (nSPS) is 21.3. The highest BCUT2D eigenvalue weighted by Crippen LogP contribution is 2.50. The molecule has 0 aromatic carbocycles. The Morgan fingerprint density at radius 1 is 1.34 bits per heavy atom. The van der Waals surface area contributed by atoms with Crippen molar-refractivity contribution in [3.05, 3.63) is 34.0 Å². The molecule has 174 valence electrons. The molecule has 0 saturated heterocycles. The molecule has 1 aliphatic heterocycles. The molecular formula is C21H26F3N5O2S. The highest BCUT2D eigenvalue weighted by atomic mass is 32.1. The van der Waals surface area contributed by atoms with Gasteiger partial charge in [0.05, 0.1) is 22.8 Å². The lowest BCUT2D eigenvalue weighted by Gasteiger charge is -2.36. The average Bonchev–Trinajstić information content (AvgIpc) is 3.50. The van der Waals surface area contributed by atoms with Gasteiger partial charge in [-0.3, -0.25) is 14.3 Å². The first-order chi connectivity index (χ1) is 15.1. The Morgan fingerprint density at radius 3 is 2.69 bits per heavy atom. The Kier molecular flexibility index (Phi) is 6.04. The summed E-state index contributed by atoms with van der Waals surface area (Å²) in [7, 11) is 1.79. The molecule has 2 aromatic rings. The summed E-state index contributed by atoms with van der Waals surface area (Å²) < 4.78 is 42.6. The monoisotopic (exact) mass is 469 g/mol. The van der Waals surface area contributed by atoms with Crippen molar-refractivity contribution in [1.82, 2.24) is 25.0 Å². The van der Waals surface area contributed by atoms with Crippen LogP contribution in [0.2, 0.25) is 0 Å². The SMILES string of the molecule is C[C@@H](CNC(=O)C1(C(F)(F)F)CCCC1)C(=O)N1CCc2scnc2[C@H]1c1ccn(C)n1. The maximum atomic E-state index is 13.6. The predicted octanol–water partition coefficient (Wildman–Crippen LogP) is 3.23. The van der Waals surface area contributed by atoms with Crippen LogP contribution < -0.4 is 5.32 Å². The smallest absolute Gasteiger partial charge is 0.355 e. The first kappa shape index (κ1) is 22.8. The number of rotatable bonds is 5. The Morgan fingerprint density at radius 2 is 2.06 bits per heavy atom. The van der Waals surface area contributed by atoms with Gasteiger partial charge in [-0.2, -0.15) is 18.3 Å². The number of nitrogens with one attached hydrogen (secondary N) is 1. The van der Waals surface area contributed by atoms with Gasteiger partial charge in [-0.25, -0.2) is 4.98 Å². The second-order valence-electron chi connectivity index (χ2n) is 8.66. The van der Waals surface area contributed by atoms with Gasteiger partial charge in [0.2, 0.25) is 11.8 Å². The van der Waals surface area contributed by atoms with Gasteiger partial charge in [-0.1, -0.05) is 19.8 Å². The number of carbonyl (C=O) groups excluding carboxylic acids is 2. The summed E-state index contributed by atoms with van der Waals surface area (Å²) in [4.78, 5) is 33.1. The van der Waals surface area contributed by atoms with Crippen molar-refractivity contribution < 1.29 is 22.8 Å².